The lowest BCUT2D eigenvalue weighted by Gasteiger charge is -2.02. The zero-order valence-electron chi connectivity index (χ0n) is 13.4. The van der Waals surface area contributed by atoms with Crippen LogP contribution in [0.25, 0.3) is 10.9 Å². The molecule has 3 aromatic rings. The van der Waals surface area contributed by atoms with E-state index in [1.54, 1.807) is 6.07 Å². The Labute approximate surface area is 144 Å². The molecule has 2 aromatic heterocycles. The molecule has 0 unspecified atom stereocenters. The number of fused-ring (bicyclic) bond motifs is 1. The Kier molecular flexibility index (Phi) is 5.17. The van der Waals surface area contributed by atoms with Crippen LogP contribution in [0.3, 0.4) is 0 Å². The van der Waals surface area contributed by atoms with E-state index in [0.717, 1.165) is 23.0 Å². The van der Waals surface area contributed by atoms with E-state index in [1.165, 1.54) is 0 Å². The average molecular weight is 347 g/mol. The van der Waals surface area contributed by atoms with Gasteiger partial charge in [0.05, 0.1) is 6.54 Å². The number of aromatic amines is 1. The second-order valence-electron chi connectivity index (χ2n) is 5.47. The number of halogens is 1. The average Bonchev–Trinajstić information content (AvgIpc) is 3.20. The lowest BCUT2D eigenvalue weighted by atomic mass is 10.1. The van der Waals surface area contributed by atoms with E-state index in [4.69, 9.17) is 16.1 Å². The summed E-state index contributed by atoms with van der Waals surface area (Å²) in [5.74, 6) is 0.410. The Balaban J connectivity index is 1.56. The van der Waals surface area contributed by atoms with E-state index in [2.05, 4.69) is 20.8 Å². The molecule has 3 N–H and O–H groups in total. The van der Waals surface area contributed by atoms with Crippen LogP contribution in [0, 0.1) is 0 Å². The number of amides is 1. The first-order chi connectivity index (χ1) is 11.7. The highest BCUT2D eigenvalue weighted by atomic mass is 35.5. The SMILES string of the molecule is CCNCc1cc(C(=O)NCCc2c[nH]c3ccc(Cl)cc23)no1. The third-order valence-electron chi connectivity index (χ3n) is 3.75. The zero-order valence-corrected chi connectivity index (χ0v) is 14.1. The highest BCUT2D eigenvalue weighted by Gasteiger charge is 2.12. The molecule has 0 aliphatic heterocycles. The van der Waals surface area contributed by atoms with Crippen molar-refractivity contribution in [1.29, 1.82) is 0 Å². The summed E-state index contributed by atoms with van der Waals surface area (Å²) in [5, 5.41) is 11.5. The van der Waals surface area contributed by atoms with E-state index >= 15 is 0 Å². The highest BCUT2D eigenvalue weighted by molar-refractivity contribution is 6.31. The molecule has 0 saturated heterocycles. The molecule has 0 saturated carbocycles. The lowest BCUT2D eigenvalue weighted by Crippen LogP contribution is -2.25. The maximum atomic E-state index is 12.1. The first kappa shape index (κ1) is 16.5. The number of hydrogen-bond acceptors (Lipinski definition) is 4. The molecular weight excluding hydrogens is 328 g/mol. The van der Waals surface area contributed by atoms with Crippen molar-refractivity contribution >= 4 is 28.4 Å². The molecule has 24 heavy (non-hydrogen) atoms. The summed E-state index contributed by atoms with van der Waals surface area (Å²) in [7, 11) is 0. The van der Waals surface area contributed by atoms with E-state index in [9.17, 15) is 4.79 Å². The van der Waals surface area contributed by atoms with Gasteiger partial charge in [-0.25, -0.2) is 0 Å². The van der Waals surface area contributed by atoms with Gasteiger partial charge in [0.25, 0.3) is 5.91 Å². The molecule has 0 aliphatic rings. The minimum absolute atomic E-state index is 0.237. The van der Waals surface area contributed by atoms with Crippen LogP contribution in [-0.4, -0.2) is 29.1 Å². The van der Waals surface area contributed by atoms with E-state index < -0.39 is 0 Å². The van der Waals surface area contributed by atoms with Crippen LogP contribution >= 0.6 is 11.6 Å². The summed E-state index contributed by atoms with van der Waals surface area (Å²) in [6.07, 6.45) is 2.64. The monoisotopic (exact) mass is 346 g/mol. The van der Waals surface area contributed by atoms with Gasteiger partial charge in [0, 0.05) is 34.7 Å². The molecule has 3 rings (SSSR count). The number of rotatable bonds is 7. The molecule has 0 spiro atoms. The molecular formula is C17H19ClN4O2. The lowest BCUT2D eigenvalue weighted by molar-refractivity contribution is 0.0945. The molecule has 6 nitrogen and oxygen atoms in total. The van der Waals surface area contributed by atoms with Crippen molar-refractivity contribution < 1.29 is 9.32 Å². The van der Waals surface area contributed by atoms with Gasteiger partial charge in [-0.05, 0) is 36.7 Å². The molecule has 2 heterocycles. The zero-order chi connectivity index (χ0) is 16.9. The van der Waals surface area contributed by atoms with Crippen molar-refractivity contribution in [2.75, 3.05) is 13.1 Å². The fourth-order valence-corrected chi connectivity index (χ4v) is 2.68. The van der Waals surface area contributed by atoms with Gasteiger partial charge < -0.3 is 20.1 Å². The summed E-state index contributed by atoms with van der Waals surface area (Å²) < 4.78 is 5.12. The Morgan fingerprint density at radius 1 is 1.38 bits per heavy atom. The predicted octanol–water partition coefficient (Wildman–Crippen LogP) is 2.89. The second-order valence-corrected chi connectivity index (χ2v) is 5.90. The van der Waals surface area contributed by atoms with Crippen LogP contribution in [0.4, 0.5) is 0 Å². The van der Waals surface area contributed by atoms with Crippen molar-refractivity contribution in [2.24, 2.45) is 0 Å². The fraction of sp³-hybridized carbons (Fsp3) is 0.294. The van der Waals surface area contributed by atoms with Crippen molar-refractivity contribution in [3.05, 3.63) is 52.5 Å². The molecule has 0 fully saturated rings. The molecule has 1 aromatic carbocycles. The summed E-state index contributed by atoms with van der Waals surface area (Å²) in [6, 6.07) is 7.38. The number of nitrogens with zero attached hydrogens (tertiary/aromatic N) is 1. The summed E-state index contributed by atoms with van der Waals surface area (Å²) in [4.78, 5) is 15.3. The van der Waals surface area contributed by atoms with Gasteiger partial charge in [-0.2, -0.15) is 0 Å². The standard InChI is InChI=1S/C17H19ClN4O2/c1-2-19-10-13-8-16(22-24-13)17(23)20-6-5-11-9-21-15-4-3-12(18)7-14(11)15/h3-4,7-9,19,21H,2,5-6,10H2,1H3,(H,20,23). The van der Waals surface area contributed by atoms with E-state index in [1.807, 2.05) is 31.3 Å². The van der Waals surface area contributed by atoms with Crippen LogP contribution in [-0.2, 0) is 13.0 Å². The number of hydrogen-bond donors (Lipinski definition) is 3. The van der Waals surface area contributed by atoms with Crippen LogP contribution < -0.4 is 10.6 Å². The van der Waals surface area contributed by atoms with Crippen molar-refractivity contribution in [3.8, 4) is 0 Å². The normalized spacial score (nSPS) is 11.1. The third-order valence-corrected chi connectivity index (χ3v) is 3.99. The largest absolute Gasteiger partial charge is 0.361 e. The molecule has 0 aliphatic carbocycles. The van der Waals surface area contributed by atoms with E-state index in [0.29, 0.717) is 36.0 Å². The van der Waals surface area contributed by atoms with Crippen LogP contribution in [0.2, 0.25) is 5.02 Å². The minimum atomic E-state index is -0.237. The third kappa shape index (κ3) is 3.77. The number of nitrogens with one attached hydrogen (secondary N) is 3. The van der Waals surface area contributed by atoms with Gasteiger partial charge in [-0.1, -0.05) is 23.7 Å². The maximum absolute atomic E-state index is 12.1. The Hall–Kier alpha value is -2.31. The first-order valence-corrected chi connectivity index (χ1v) is 8.25. The Bertz CT molecular complexity index is 840. The molecule has 0 atom stereocenters. The van der Waals surface area contributed by atoms with Crippen LogP contribution in [0.15, 0.2) is 35.0 Å². The van der Waals surface area contributed by atoms with Gasteiger partial charge >= 0.3 is 0 Å². The summed E-state index contributed by atoms with van der Waals surface area (Å²) in [6.45, 7) is 3.90. The first-order valence-electron chi connectivity index (χ1n) is 7.87. The predicted molar refractivity (Wildman–Crippen MR) is 93.2 cm³/mol. The van der Waals surface area contributed by atoms with E-state index in [-0.39, 0.29) is 5.91 Å². The van der Waals surface area contributed by atoms with Gasteiger partial charge in [-0.15, -0.1) is 0 Å². The van der Waals surface area contributed by atoms with Crippen molar-refractivity contribution in [2.45, 2.75) is 19.9 Å². The summed E-state index contributed by atoms with van der Waals surface area (Å²) in [5.41, 5.74) is 2.44. The molecule has 0 radical (unpaired) electrons. The Morgan fingerprint density at radius 3 is 3.08 bits per heavy atom. The second kappa shape index (κ2) is 7.51. The van der Waals surface area contributed by atoms with Crippen LogP contribution in [0.1, 0.15) is 28.7 Å². The van der Waals surface area contributed by atoms with Crippen molar-refractivity contribution in [3.63, 3.8) is 0 Å². The van der Waals surface area contributed by atoms with Crippen LogP contribution in [0.5, 0.6) is 0 Å². The van der Waals surface area contributed by atoms with Gasteiger partial charge in [0.2, 0.25) is 0 Å². The minimum Gasteiger partial charge on any atom is -0.361 e. The number of benzene rings is 1. The Morgan fingerprint density at radius 2 is 2.25 bits per heavy atom. The topological polar surface area (TPSA) is 83.0 Å². The van der Waals surface area contributed by atoms with Gasteiger partial charge in [0.15, 0.2) is 11.5 Å². The quantitative estimate of drug-likeness (QED) is 0.614. The molecule has 7 heteroatoms. The smallest absolute Gasteiger partial charge is 0.273 e. The number of carbonyl (C=O) groups excluding carboxylic acids is 1. The number of H-pyrrole nitrogens is 1. The highest BCUT2D eigenvalue weighted by Crippen LogP contribution is 2.22. The van der Waals surface area contributed by atoms with Gasteiger partial charge in [-0.3, -0.25) is 4.79 Å². The maximum Gasteiger partial charge on any atom is 0.273 e. The fourth-order valence-electron chi connectivity index (χ4n) is 2.51. The summed E-state index contributed by atoms with van der Waals surface area (Å²) >= 11 is 6.04. The molecule has 0 bridgehead atoms. The van der Waals surface area contributed by atoms with Gasteiger partial charge in [0.1, 0.15) is 0 Å². The number of carbonyl (C=O) groups is 1. The molecule has 126 valence electrons. The number of aromatic nitrogens is 2. The van der Waals surface area contributed by atoms with Crippen molar-refractivity contribution in [1.82, 2.24) is 20.8 Å². The molecule has 1 amide bonds.